The number of likely N-dealkylation sites (tertiary alicyclic amines) is 1. The molecule has 0 aliphatic carbocycles. The number of nitrogens with zero attached hydrogens (tertiary/aromatic N) is 2. The largest absolute Gasteiger partial charge is 0.394 e. The van der Waals surface area contributed by atoms with Crippen molar-refractivity contribution < 1.29 is 9.90 Å². The third-order valence-electron chi connectivity index (χ3n) is 3.01. The third kappa shape index (κ3) is 2.07. The predicted octanol–water partition coefficient (Wildman–Crippen LogP) is 0.987. The highest BCUT2D eigenvalue weighted by Crippen LogP contribution is 2.19. The summed E-state index contributed by atoms with van der Waals surface area (Å²) >= 11 is 0. The third-order valence-corrected chi connectivity index (χ3v) is 3.01. The van der Waals surface area contributed by atoms with E-state index < -0.39 is 0 Å². The number of carbonyl (C=O) groups excluding carboxylic acids is 1. The van der Waals surface area contributed by atoms with Crippen LogP contribution in [0.4, 0.5) is 0 Å². The van der Waals surface area contributed by atoms with Gasteiger partial charge < -0.3 is 10.0 Å². The Balaban J connectivity index is 2.15. The number of aryl methyl sites for hydroxylation is 1. The zero-order valence-corrected chi connectivity index (χ0v) is 9.39. The maximum Gasteiger partial charge on any atom is 0.255 e. The molecule has 2 rings (SSSR count). The molecule has 86 valence electrons. The Morgan fingerprint density at radius 2 is 2.44 bits per heavy atom. The Hall–Kier alpha value is -1.42. The molecule has 0 bridgehead atoms. The van der Waals surface area contributed by atoms with Gasteiger partial charge in [-0.1, -0.05) is 0 Å². The summed E-state index contributed by atoms with van der Waals surface area (Å²) in [6.07, 6.45) is 3.46. The Labute approximate surface area is 94.9 Å². The highest BCUT2D eigenvalue weighted by Gasteiger charge is 2.28. The first kappa shape index (κ1) is 11.1. The zero-order chi connectivity index (χ0) is 11.5. The highest BCUT2D eigenvalue weighted by atomic mass is 16.3. The summed E-state index contributed by atoms with van der Waals surface area (Å²) in [5.74, 6) is -0.0240. The fourth-order valence-corrected chi connectivity index (χ4v) is 2.05. The topological polar surface area (TPSA) is 53.4 Å². The van der Waals surface area contributed by atoms with Crippen molar-refractivity contribution in [3.8, 4) is 0 Å². The van der Waals surface area contributed by atoms with Gasteiger partial charge in [0.05, 0.1) is 18.2 Å². The van der Waals surface area contributed by atoms with Crippen LogP contribution >= 0.6 is 0 Å². The molecule has 0 aromatic carbocycles. The van der Waals surface area contributed by atoms with Gasteiger partial charge >= 0.3 is 0 Å². The lowest BCUT2D eigenvalue weighted by molar-refractivity contribution is 0.0677. The second-order valence-corrected chi connectivity index (χ2v) is 4.17. The normalized spacial score (nSPS) is 20.1. The molecule has 4 heteroatoms. The molecule has 0 spiro atoms. The van der Waals surface area contributed by atoms with Gasteiger partial charge in [-0.2, -0.15) is 0 Å². The van der Waals surface area contributed by atoms with E-state index in [0.717, 1.165) is 25.1 Å². The van der Waals surface area contributed by atoms with Crippen molar-refractivity contribution in [3.63, 3.8) is 0 Å². The van der Waals surface area contributed by atoms with Crippen LogP contribution in [0.2, 0.25) is 0 Å². The van der Waals surface area contributed by atoms with E-state index in [1.165, 1.54) is 0 Å². The number of carbonyl (C=O) groups is 1. The van der Waals surface area contributed by atoms with Gasteiger partial charge in [0.2, 0.25) is 0 Å². The van der Waals surface area contributed by atoms with Crippen molar-refractivity contribution in [3.05, 3.63) is 29.6 Å². The second kappa shape index (κ2) is 4.61. The fourth-order valence-electron chi connectivity index (χ4n) is 2.05. The van der Waals surface area contributed by atoms with Gasteiger partial charge in [-0.3, -0.25) is 9.78 Å². The predicted molar refractivity (Wildman–Crippen MR) is 60.1 cm³/mol. The van der Waals surface area contributed by atoms with Crippen LogP contribution in [0.15, 0.2) is 18.3 Å². The minimum Gasteiger partial charge on any atom is -0.394 e. The second-order valence-electron chi connectivity index (χ2n) is 4.17. The first-order valence-electron chi connectivity index (χ1n) is 5.57. The summed E-state index contributed by atoms with van der Waals surface area (Å²) in [6, 6.07) is 3.60. The molecule has 1 atom stereocenters. The van der Waals surface area contributed by atoms with Crippen molar-refractivity contribution in [2.75, 3.05) is 13.2 Å². The fraction of sp³-hybridized carbons (Fsp3) is 0.500. The van der Waals surface area contributed by atoms with Gasteiger partial charge in [-0.15, -0.1) is 0 Å². The van der Waals surface area contributed by atoms with E-state index in [9.17, 15) is 4.79 Å². The summed E-state index contributed by atoms with van der Waals surface area (Å²) in [7, 11) is 0. The lowest BCUT2D eigenvalue weighted by atomic mass is 10.2. The van der Waals surface area contributed by atoms with E-state index >= 15 is 0 Å². The monoisotopic (exact) mass is 220 g/mol. The maximum absolute atomic E-state index is 12.1. The summed E-state index contributed by atoms with van der Waals surface area (Å²) in [5.41, 5.74) is 1.50. The lowest BCUT2D eigenvalue weighted by Crippen LogP contribution is -2.37. The average Bonchev–Trinajstić information content (AvgIpc) is 2.77. The Bertz CT molecular complexity index is 375. The van der Waals surface area contributed by atoms with Crippen LogP contribution in [0.1, 0.15) is 28.9 Å². The summed E-state index contributed by atoms with van der Waals surface area (Å²) in [6.45, 7) is 2.67. The standard InChI is InChI=1S/C12H16N2O2/c1-9-4-5-10(7-13-9)12(16)14-6-2-3-11(14)8-15/h4-5,7,11,15H,2-3,6,8H2,1H3/t11-/m1/s1. The number of aromatic nitrogens is 1. The smallest absolute Gasteiger partial charge is 0.255 e. The molecule has 0 saturated carbocycles. The first-order chi connectivity index (χ1) is 7.72. The quantitative estimate of drug-likeness (QED) is 0.808. The number of amides is 1. The van der Waals surface area contributed by atoms with E-state index in [1.54, 1.807) is 17.2 Å². The van der Waals surface area contributed by atoms with E-state index in [4.69, 9.17) is 5.11 Å². The molecule has 1 fully saturated rings. The van der Waals surface area contributed by atoms with E-state index in [1.807, 2.05) is 13.0 Å². The zero-order valence-electron chi connectivity index (χ0n) is 9.39. The number of pyridine rings is 1. The molecule has 1 aromatic heterocycles. The van der Waals surface area contributed by atoms with Crippen LogP contribution in [-0.2, 0) is 0 Å². The van der Waals surface area contributed by atoms with E-state index in [0.29, 0.717) is 5.56 Å². The molecule has 1 amide bonds. The number of hydrogen-bond donors (Lipinski definition) is 1. The van der Waals surface area contributed by atoms with Crippen molar-refractivity contribution in [2.24, 2.45) is 0 Å². The molecule has 16 heavy (non-hydrogen) atoms. The number of rotatable bonds is 2. The molecular formula is C12H16N2O2. The average molecular weight is 220 g/mol. The SMILES string of the molecule is Cc1ccc(C(=O)N2CCC[C@@H]2CO)cn1. The molecule has 2 heterocycles. The molecule has 1 aliphatic heterocycles. The minimum atomic E-state index is -0.0240. The van der Waals surface area contributed by atoms with Crippen LogP contribution < -0.4 is 0 Å². The van der Waals surface area contributed by atoms with Crippen molar-refractivity contribution >= 4 is 5.91 Å². The van der Waals surface area contributed by atoms with E-state index in [2.05, 4.69) is 4.98 Å². The molecule has 1 aliphatic rings. The van der Waals surface area contributed by atoms with Crippen LogP contribution in [0, 0.1) is 6.92 Å². The number of aliphatic hydroxyl groups is 1. The summed E-state index contributed by atoms with van der Waals surface area (Å²) in [4.78, 5) is 18.0. The molecule has 0 radical (unpaired) electrons. The van der Waals surface area contributed by atoms with Crippen LogP contribution in [0.5, 0.6) is 0 Å². The van der Waals surface area contributed by atoms with Crippen LogP contribution in [0.3, 0.4) is 0 Å². The molecule has 1 aromatic rings. The molecule has 4 nitrogen and oxygen atoms in total. The molecule has 1 N–H and O–H groups in total. The highest BCUT2D eigenvalue weighted by molar-refractivity contribution is 5.94. The van der Waals surface area contributed by atoms with Gasteiger partial charge in [0, 0.05) is 18.4 Å². The molecule has 1 saturated heterocycles. The Morgan fingerprint density at radius 3 is 3.06 bits per heavy atom. The van der Waals surface area contributed by atoms with Gasteiger partial charge in [-0.05, 0) is 31.9 Å². The lowest BCUT2D eigenvalue weighted by Gasteiger charge is -2.22. The van der Waals surface area contributed by atoms with Crippen LogP contribution in [0.25, 0.3) is 0 Å². The number of aliphatic hydroxyl groups excluding tert-OH is 1. The van der Waals surface area contributed by atoms with Crippen molar-refractivity contribution in [1.82, 2.24) is 9.88 Å². The first-order valence-corrected chi connectivity index (χ1v) is 5.57. The van der Waals surface area contributed by atoms with Gasteiger partial charge in [0.1, 0.15) is 0 Å². The Kier molecular flexibility index (Phi) is 3.19. The van der Waals surface area contributed by atoms with Crippen molar-refractivity contribution in [1.29, 1.82) is 0 Å². The minimum absolute atomic E-state index is 0.0196. The van der Waals surface area contributed by atoms with E-state index in [-0.39, 0.29) is 18.6 Å². The van der Waals surface area contributed by atoms with Gasteiger partial charge in [0.15, 0.2) is 0 Å². The molecule has 0 unspecified atom stereocenters. The van der Waals surface area contributed by atoms with Gasteiger partial charge in [-0.25, -0.2) is 0 Å². The van der Waals surface area contributed by atoms with Crippen molar-refractivity contribution in [2.45, 2.75) is 25.8 Å². The molecular weight excluding hydrogens is 204 g/mol. The Morgan fingerprint density at radius 1 is 1.62 bits per heavy atom. The maximum atomic E-state index is 12.1. The van der Waals surface area contributed by atoms with Crippen LogP contribution in [-0.4, -0.2) is 40.1 Å². The van der Waals surface area contributed by atoms with Gasteiger partial charge in [0.25, 0.3) is 5.91 Å². The number of hydrogen-bond acceptors (Lipinski definition) is 3. The summed E-state index contributed by atoms with van der Waals surface area (Å²) in [5, 5.41) is 9.17. The summed E-state index contributed by atoms with van der Waals surface area (Å²) < 4.78 is 0.